The fourth-order valence-electron chi connectivity index (χ4n) is 4.61. The SMILES string of the molecule is C/C(=C\NC(=O)N1CC2(C)CC1CC(C)(C)C2)C1CC1. The average molecular weight is 276 g/mol. The summed E-state index contributed by atoms with van der Waals surface area (Å²) in [5.41, 5.74) is 2.01. The lowest BCUT2D eigenvalue weighted by molar-refractivity contribution is 0.129. The van der Waals surface area contributed by atoms with Gasteiger partial charge < -0.3 is 10.2 Å². The first kappa shape index (κ1) is 14.0. The molecule has 0 aromatic carbocycles. The third kappa shape index (κ3) is 2.72. The number of nitrogens with zero attached hydrogens (tertiary/aromatic N) is 1. The summed E-state index contributed by atoms with van der Waals surface area (Å²) in [7, 11) is 0. The van der Waals surface area contributed by atoms with Gasteiger partial charge in [-0.05, 0) is 55.8 Å². The van der Waals surface area contributed by atoms with Crippen molar-refractivity contribution in [2.45, 2.75) is 65.8 Å². The first-order valence-electron chi connectivity index (χ1n) is 8.02. The van der Waals surface area contributed by atoms with E-state index in [2.05, 4.69) is 37.9 Å². The molecule has 1 saturated heterocycles. The van der Waals surface area contributed by atoms with E-state index in [1.54, 1.807) is 0 Å². The van der Waals surface area contributed by atoms with E-state index in [0.29, 0.717) is 16.9 Å². The van der Waals surface area contributed by atoms with Gasteiger partial charge in [-0.3, -0.25) is 0 Å². The molecule has 20 heavy (non-hydrogen) atoms. The normalized spacial score (nSPS) is 36.1. The third-order valence-corrected chi connectivity index (χ3v) is 5.32. The van der Waals surface area contributed by atoms with Crippen LogP contribution in [0, 0.1) is 16.7 Å². The Kier molecular flexibility index (Phi) is 3.15. The molecule has 3 heteroatoms. The Morgan fingerprint density at radius 2 is 1.95 bits per heavy atom. The second-order valence-electron chi connectivity index (χ2n) is 8.45. The van der Waals surface area contributed by atoms with Crippen LogP contribution in [-0.2, 0) is 0 Å². The number of fused-ring (bicyclic) bond motifs is 2. The molecule has 2 unspecified atom stereocenters. The molecule has 0 aromatic rings. The molecule has 3 fully saturated rings. The molecule has 112 valence electrons. The maximum absolute atomic E-state index is 12.5. The topological polar surface area (TPSA) is 32.3 Å². The van der Waals surface area contributed by atoms with E-state index in [1.165, 1.54) is 31.3 Å². The average Bonchev–Trinajstić information content (AvgIpc) is 3.11. The largest absolute Gasteiger partial charge is 0.321 e. The van der Waals surface area contributed by atoms with Crippen LogP contribution in [0.5, 0.6) is 0 Å². The van der Waals surface area contributed by atoms with E-state index in [4.69, 9.17) is 0 Å². The van der Waals surface area contributed by atoms with E-state index in [-0.39, 0.29) is 6.03 Å². The zero-order chi connectivity index (χ0) is 14.5. The van der Waals surface area contributed by atoms with Gasteiger partial charge in [-0.15, -0.1) is 0 Å². The quantitative estimate of drug-likeness (QED) is 0.815. The van der Waals surface area contributed by atoms with Gasteiger partial charge in [0.25, 0.3) is 0 Å². The van der Waals surface area contributed by atoms with Crippen molar-refractivity contribution >= 4 is 6.03 Å². The second-order valence-corrected chi connectivity index (χ2v) is 8.45. The molecule has 2 bridgehead atoms. The number of nitrogens with one attached hydrogen (secondary N) is 1. The van der Waals surface area contributed by atoms with Crippen LogP contribution in [0.1, 0.15) is 59.8 Å². The second kappa shape index (κ2) is 4.51. The fraction of sp³-hybridized carbons (Fsp3) is 0.824. The van der Waals surface area contributed by atoms with Gasteiger partial charge in [0.05, 0.1) is 0 Å². The summed E-state index contributed by atoms with van der Waals surface area (Å²) in [6.45, 7) is 10.1. The number of hydrogen-bond acceptors (Lipinski definition) is 1. The number of urea groups is 1. The first-order valence-corrected chi connectivity index (χ1v) is 8.02. The number of hydrogen-bond donors (Lipinski definition) is 1. The maximum Gasteiger partial charge on any atom is 0.321 e. The van der Waals surface area contributed by atoms with Crippen LogP contribution in [0.2, 0.25) is 0 Å². The highest BCUT2D eigenvalue weighted by molar-refractivity contribution is 5.76. The Labute approximate surface area is 122 Å². The number of carbonyl (C=O) groups excluding carboxylic acids is 1. The summed E-state index contributed by atoms with van der Waals surface area (Å²) in [5.74, 6) is 0.726. The molecular weight excluding hydrogens is 248 g/mol. The Hall–Kier alpha value is -0.990. The van der Waals surface area contributed by atoms with Crippen LogP contribution < -0.4 is 5.32 Å². The molecule has 2 amide bonds. The summed E-state index contributed by atoms with van der Waals surface area (Å²) < 4.78 is 0. The monoisotopic (exact) mass is 276 g/mol. The van der Waals surface area contributed by atoms with Crippen molar-refractivity contribution in [2.75, 3.05) is 6.54 Å². The summed E-state index contributed by atoms with van der Waals surface area (Å²) in [6.07, 6.45) is 8.07. The van der Waals surface area contributed by atoms with Crippen molar-refractivity contribution in [2.24, 2.45) is 16.7 Å². The lowest BCUT2D eigenvalue weighted by Gasteiger charge is -2.39. The molecule has 3 nitrogen and oxygen atoms in total. The van der Waals surface area contributed by atoms with Crippen LogP contribution in [0.3, 0.4) is 0 Å². The third-order valence-electron chi connectivity index (χ3n) is 5.32. The van der Waals surface area contributed by atoms with Crippen molar-refractivity contribution in [1.29, 1.82) is 0 Å². The highest BCUT2D eigenvalue weighted by Gasteiger charge is 2.50. The molecule has 3 rings (SSSR count). The van der Waals surface area contributed by atoms with E-state index >= 15 is 0 Å². The van der Waals surface area contributed by atoms with Gasteiger partial charge in [0.15, 0.2) is 0 Å². The zero-order valence-electron chi connectivity index (χ0n) is 13.3. The summed E-state index contributed by atoms with van der Waals surface area (Å²) in [6, 6.07) is 0.537. The van der Waals surface area contributed by atoms with Gasteiger partial charge in [-0.1, -0.05) is 26.3 Å². The molecule has 3 aliphatic rings. The predicted octanol–water partition coefficient (Wildman–Crippen LogP) is 3.91. The Bertz CT molecular complexity index is 450. The van der Waals surface area contributed by atoms with Gasteiger partial charge in [0, 0.05) is 18.8 Å². The number of allylic oxidation sites excluding steroid dienone is 1. The van der Waals surface area contributed by atoms with Gasteiger partial charge in [-0.2, -0.15) is 0 Å². The highest BCUT2D eigenvalue weighted by Crippen LogP contribution is 2.52. The lowest BCUT2D eigenvalue weighted by atomic mass is 9.65. The zero-order valence-corrected chi connectivity index (χ0v) is 13.3. The molecule has 1 N–H and O–H groups in total. The molecule has 2 saturated carbocycles. The van der Waals surface area contributed by atoms with Crippen molar-refractivity contribution in [1.82, 2.24) is 10.2 Å². The van der Waals surface area contributed by atoms with E-state index in [0.717, 1.165) is 18.9 Å². The van der Waals surface area contributed by atoms with Crippen molar-refractivity contribution in [3.8, 4) is 0 Å². The van der Waals surface area contributed by atoms with Gasteiger partial charge in [-0.25, -0.2) is 4.79 Å². The molecule has 0 aromatic heterocycles. The number of amides is 2. The Morgan fingerprint density at radius 1 is 1.25 bits per heavy atom. The smallest absolute Gasteiger partial charge is 0.321 e. The van der Waals surface area contributed by atoms with Crippen LogP contribution >= 0.6 is 0 Å². The Balaban J connectivity index is 1.66. The molecule has 1 aliphatic heterocycles. The fourth-order valence-corrected chi connectivity index (χ4v) is 4.61. The van der Waals surface area contributed by atoms with E-state index < -0.39 is 0 Å². The molecule has 0 spiro atoms. The van der Waals surface area contributed by atoms with E-state index in [1.807, 2.05) is 6.20 Å². The predicted molar refractivity (Wildman–Crippen MR) is 81.2 cm³/mol. The minimum Gasteiger partial charge on any atom is -0.321 e. The van der Waals surface area contributed by atoms with Crippen molar-refractivity contribution < 1.29 is 4.79 Å². The van der Waals surface area contributed by atoms with Gasteiger partial charge >= 0.3 is 6.03 Å². The minimum atomic E-state index is 0.108. The molecule has 1 heterocycles. The first-order chi connectivity index (χ1) is 9.28. The van der Waals surface area contributed by atoms with Crippen molar-refractivity contribution in [3.63, 3.8) is 0 Å². The summed E-state index contributed by atoms with van der Waals surface area (Å²) >= 11 is 0. The number of likely N-dealkylation sites (tertiary alicyclic amines) is 1. The number of rotatable bonds is 2. The van der Waals surface area contributed by atoms with Gasteiger partial charge in [0.1, 0.15) is 0 Å². The molecular formula is C17H28N2O. The Morgan fingerprint density at radius 3 is 2.60 bits per heavy atom. The lowest BCUT2D eigenvalue weighted by Crippen LogP contribution is -2.42. The molecule has 2 atom stereocenters. The summed E-state index contributed by atoms with van der Waals surface area (Å²) in [4.78, 5) is 14.5. The molecule has 2 aliphatic carbocycles. The van der Waals surface area contributed by atoms with Gasteiger partial charge in [0.2, 0.25) is 0 Å². The van der Waals surface area contributed by atoms with Crippen LogP contribution in [0.25, 0.3) is 0 Å². The van der Waals surface area contributed by atoms with Crippen LogP contribution in [-0.4, -0.2) is 23.5 Å². The van der Waals surface area contributed by atoms with E-state index in [9.17, 15) is 4.79 Å². The minimum absolute atomic E-state index is 0.108. The highest BCUT2D eigenvalue weighted by atomic mass is 16.2. The summed E-state index contributed by atoms with van der Waals surface area (Å²) in [5, 5.41) is 3.03. The van der Waals surface area contributed by atoms with Crippen LogP contribution in [0.4, 0.5) is 4.79 Å². The molecule has 0 radical (unpaired) electrons. The van der Waals surface area contributed by atoms with Crippen molar-refractivity contribution in [3.05, 3.63) is 11.8 Å². The maximum atomic E-state index is 12.5. The number of carbonyl (C=O) groups is 1. The standard InChI is InChI=1S/C17H28N2O/c1-12(13-5-6-13)9-18-15(20)19-11-17(4)8-14(19)7-16(2,3)10-17/h9,13-14H,5-8,10-11H2,1-4H3,(H,18,20)/b12-9+. The van der Waals surface area contributed by atoms with Crippen LogP contribution in [0.15, 0.2) is 11.8 Å².